The van der Waals surface area contributed by atoms with E-state index in [9.17, 15) is 81.4 Å². The molecule has 2 aromatic carbocycles. The smallest absolute Gasteiger partial charge is 0.330 e. The van der Waals surface area contributed by atoms with Crippen LogP contribution in [0.5, 0.6) is 23.0 Å². The molecule has 16 N–H and O–H groups in total. The number of phenols is 4. The van der Waals surface area contributed by atoms with Gasteiger partial charge in [-0.05, 0) is 35.9 Å². The first kappa shape index (κ1) is 48.4. The van der Waals surface area contributed by atoms with Gasteiger partial charge in [0.05, 0.1) is 30.4 Å². The molecule has 4 aliphatic heterocycles. The molecule has 1 aliphatic carbocycles. The zero-order chi connectivity index (χ0) is 47.7. The van der Waals surface area contributed by atoms with Crippen LogP contribution in [-0.2, 0) is 38.0 Å². The summed E-state index contributed by atoms with van der Waals surface area (Å²) in [5, 5.41) is 156. The molecule has 4 heterocycles. The van der Waals surface area contributed by atoms with E-state index in [1.54, 1.807) is 0 Å². The summed E-state index contributed by atoms with van der Waals surface area (Å²) in [6.45, 7) is -2.44. The van der Waals surface area contributed by atoms with Gasteiger partial charge in [-0.15, -0.1) is 0 Å². The molecular formula is C42H49O24+. The van der Waals surface area contributed by atoms with E-state index in [0.29, 0.717) is 0 Å². The van der Waals surface area contributed by atoms with Crippen molar-refractivity contribution in [3.63, 3.8) is 0 Å². The van der Waals surface area contributed by atoms with Crippen LogP contribution in [-0.4, -0.2) is 205 Å². The number of phenolic OH excluding ortho intramolecular Hbond substituents is 4. The number of benzene rings is 2. The van der Waals surface area contributed by atoms with Gasteiger partial charge < -0.3 is 114 Å². The Morgan fingerprint density at radius 3 is 1.86 bits per heavy atom. The second kappa shape index (κ2) is 20.1. The minimum Gasteiger partial charge on any atom is -0.571 e. The van der Waals surface area contributed by atoms with E-state index in [4.69, 9.17) is 33.2 Å². The van der Waals surface area contributed by atoms with E-state index in [0.717, 1.165) is 30.4 Å². The van der Waals surface area contributed by atoms with Crippen molar-refractivity contribution in [1.29, 1.82) is 0 Å². The average Bonchev–Trinajstić information content (AvgIpc) is 3.29. The Morgan fingerprint density at radius 1 is 0.636 bits per heavy atom. The second-order valence-electron chi connectivity index (χ2n) is 15.7. The fourth-order valence-corrected chi connectivity index (χ4v) is 7.47. The Hall–Kier alpha value is -5.55. The first-order chi connectivity index (χ1) is 31.4. The zero-order valence-electron chi connectivity index (χ0n) is 34.1. The topological polar surface area (TPSA) is 398 Å². The molecule has 2 aromatic rings. The van der Waals surface area contributed by atoms with Crippen LogP contribution < -0.4 is 0 Å². The Balaban J connectivity index is 1.24. The van der Waals surface area contributed by atoms with Gasteiger partial charge >= 0.3 is 11.7 Å². The highest BCUT2D eigenvalue weighted by atomic mass is 16.8. The van der Waals surface area contributed by atoms with Gasteiger partial charge in [-0.3, -0.25) is 0 Å². The van der Waals surface area contributed by atoms with E-state index in [-0.39, 0.29) is 34.0 Å². The van der Waals surface area contributed by atoms with Crippen molar-refractivity contribution in [2.75, 3.05) is 19.8 Å². The highest BCUT2D eigenvalue weighted by Gasteiger charge is 2.53. The summed E-state index contributed by atoms with van der Waals surface area (Å²) in [6, 6.07) is 7.21. The largest absolute Gasteiger partial charge is 0.571 e. The highest BCUT2D eigenvalue weighted by Crippen LogP contribution is 2.41. The summed E-state index contributed by atoms with van der Waals surface area (Å²) in [4.78, 5) is 12.8. The maximum atomic E-state index is 12.8. The van der Waals surface area contributed by atoms with Crippen molar-refractivity contribution >= 4 is 17.8 Å². The molecule has 24 heteroatoms. The second-order valence-corrected chi connectivity index (χ2v) is 15.7. The summed E-state index contributed by atoms with van der Waals surface area (Å²) in [6.07, 6.45) is -22.9. The molecule has 7 rings (SSSR count). The standard InChI is InChI=1S/C42H48O24/c43-12-26-30(51)33(54)36(57)40(63-26)61-24-10-17(45)9-23-18(24)11-25(38(60-23)16-3-5-20(47)22(49)8-16)62-42-39(66-41-37(58)34(55)31(52)27(13-44)64-41)35(56)32(53)28(65-42)14-59-29(50)6-2-15-1-4-19(46)21(48)7-15/h1-11,23,26-28,30-37,39-49,51-58H,12-14H2/p+1. The van der Waals surface area contributed by atoms with E-state index in [1.807, 2.05) is 0 Å². The summed E-state index contributed by atoms with van der Waals surface area (Å²) in [5.41, 5.74) is 0.374. The number of rotatable bonds is 13. The number of aromatic hydroxyl groups is 4. The van der Waals surface area contributed by atoms with Crippen LogP contribution in [0.2, 0.25) is 0 Å². The molecule has 360 valence electrons. The number of hydrogen-bond acceptors (Lipinski definition) is 23. The summed E-state index contributed by atoms with van der Waals surface area (Å²) in [5.74, 6) is -4.20. The Kier molecular flexibility index (Phi) is 14.8. The van der Waals surface area contributed by atoms with Gasteiger partial charge in [-0.2, -0.15) is 0 Å². The number of aliphatic hydroxyl groups excluding tert-OH is 11. The van der Waals surface area contributed by atoms with Crippen molar-refractivity contribution in [2.24, 2.45) is 0 Å². The van der Waals surface area contributed by atoms with Gasteiger partial charge in [-0.1, -0.05) is 6.07 Å². The van der Waals surface area contributed by atoms with E-state index < -0.39 is 153 Å². The summed E-state index contributed by atoms with van der Waals surface area (Å²) >= 11 is 0. The lowest BCUT2D eigenvalue weighted by Crippen LogP contribution is -2.64. The van der Waals surface area contributed by atoms with Gasteiger partial charge in [0.2, 0.25) is 24.4 Å². The number of carbonyl (C=O) groups is 1. The molecule has 16 unspecified atom stereocenters. The fourth-order valence-electron chi connectivity index (χ4n) is 7.47. The van der Waals surface area contributed by atoms with Crippen molar-refractivity contribution in [2.45, 2.75) is 98.2 Å². The third-order valence-corrected chi connectivity index (χ3v) is 11.2. The van der Waals surface area contributed by atoms with Gasteiger partial charge in [0.15, 0.2) is 35.4 Å². The predicted octanol–water partition coefficient (Wildman–Crippen LogP) is -3.92. The quantitative estimate of drug-likeness (QED) is 0.0395. The van der Waals surface area contributed by atoms with Gasteiger partial charge in [0, 0.05) is 24.3 Å². The normalized spacial score (nSPS) is 35.8. The predicted molar refractivity (Wildman–Crippen MR) is 215 cm³/mol. The van der Waals surface area contributed by atoms with E-state index >= 15 is 0 Å². The Labute approximate surface area is 372 Å². The number of fused-ring (bicyclic) bond motifs is 1. The molecular weight excluding hydrogens is 888 g/mol. The van der Waals surface area contributed by atoms with Crippen molar-refractivity contribution < 1.29 is 119 Å². The lowest BCUT2D eigenvalue weighted by atomic mass is 9.95. The maximum absolute atomic E-state index is 12.8. The number of aliphatic hydroxyl groups is 13. The highest BCUT2D eigenvalue weighted by molar-refractivity contribution is 5.87. The van der Waals surface area contributed by atoms with E-state index in [1.165, 1.54) is 36.4 Å². The monoisotopic (exact) mass is 937 g/mol. The number of esters is 1. The zero-order valence-corrected chi connectivity index (χ0v) is 34.1. The number of carbonyl (C=O) groups excluding carboxylic acids is 1. The molecule has 0 amide bonds. The maximum Gasteiger partial charge on any atom is 0.330 e. The van der Waals surface area contributed by atoms with E-state index in [2.05, 4.69) is 4.74 Å². The van der Waals surface area contributed by atoms with Crippen LogP contribution in [0.4, 0.5) is 0 Å². The van der Waals surface area contributed by atoms with Crippen LogP contribution >= 0.6 is 0 Å². The molecule has 5 aliphatic rings. The minimum absolute atomic E-state index is 0.0357. The van der Waals surface area contributed by atoms with Crippen molar-refractivity contribution in [3.05, 3.63) is 94.7 Å². The average molecular weight is 938 g/mol. The third-order valence-electron chi connectivity index (χ3n) is 11.2. The van der Waals surface area contributed by atoms with Gasteiger partial charge in [0.1, 0.15) is 85.3 Å². The lowest BCUT2D eigenvalue weighted by molar-refractivity contribution is -0.363. The third kappa shape index (κ3) is 10.1. The number of hydrogen-bond donors (Lipinski definition) is 15. The minimum atomic E-state index is -2.09. The van der Waals surface area contributed by atoms with Crippen LogP contribution in [0.3, 0.4) is 0 Å². The van der Waals surface area contributed by atoms with Gasteiger partial charge in [0.25, 0.3) is 0 Å². The molecule has 0 saturated carbocycles. The number of ether oxygens (including phenoxy) is 8. The fraction of sp³-hybridized carbons (Fsp3) is 0.452. The first-order valence-electron chi connectivity index (χ1n) is 20.2. The van der Waals surface area contributed by atoms with Crippen LogP contribution in [0.1, 0.15) is 11.1 Å². The van der Waals surface area contributed by atoms with Crippen LogP contribution in [0.15, 0.2) is 83.6 Å². The van der Waals surface area contributed by atoms with Crippen LogP contribution in [0, 0.1) is 0 Å². The molecule has 3 fully saturated rings. The lowest BCUT2D eigenvalue weighted by Gasteiger charge is -2.46. The molecule has 0 radical (unpaired) electrons. The van der Waals surface area contributed by atoms with Crippen molar-refractivity contribution in [3.8, 4) is 23.0 Å². The molecule has 0 spiro atoms. The van der Waals surface area contributed by atoms with Gasteiger partial charge in [-0.25, -0.2) is 4.79 Å². The first-order valence-corrected chi connectivity index (χ1v) is 20.2. The Bertz CT molecular complexity index is 2240. The van der Waals surface area contributed by atoms with Crippen molar-refractivity contribution in [1.82, 2.24) is 0 Å². The molecule has 24 nitrogen and oxygen atoms in total. The molecule has 16 atom stereocenters. The molecule has 3 saturated heterocycles. The number of allylic oxidation sites excluding steroid dienone is 2. The molecule has 0 aromatic heterocycles. The molecule has 66 heavy (non-hydrogen) atoms. The Morgan fingerprint density at radius 2 is 1.23 bits per heavy atom. The summed E-state index contributed by atoms with van der Waals surface area (Å²) < 4.78 is 45.1. The SMILES string of the molecule is O=C(C=Cc1ccc(O)c(O)c1)OCC1OC(OC2=C(c3ccc(O)c(O)c3)[OH+]C3C=C(O)C=C(OC4OC(CO)C(O)C(O)C4O)C3=C2)C(OC2OC(CO)C(O)C(O)C2O)C(O)C1O. The molecule has 0 bridgehead atoms. The van der Waals surface area contributed by atoms with Crippen LogP contribution in [0.25, 0.3) is 11.8 Å². The summed E-state index contributed by atoms with van der Waals surface area (Å²) in [7, 11) is 0.